The molecule has 3 heterocycles. The summed E-state index contributed by atoms with van der Waals surface area (Å²) in [5, 5.41) is 0.677. The van der Waals surface area contributed by atoms with Crippen LogP contribution < -0.4 is 0 Å². The molecule has 6 rings (SSSR count). The highest BCUT2D eigenvalue weighted by Crippen LogP contribution is 2.43. The summed E-state index contributed by atoms with van der Waals surface area (Å²) in [6.45, 7) is 1.12. The first kappa shape index (κ1) is 25.9. The second kappa shape index (κ2) is 9.71. The SMILES string of the molecule is CS(=O)(=O)c1ccc(/C(=C/C2CCC3(C2)OCCO3)c2cc3cccnc3n2S(=O)(=O)c2ccccc2)cc1. The Labute approximate surface area is 227 Å². The van der Waals surface area contributed by atoms with Crippen LogP contribution in [0.25, 0.3) is 16.6 Å². The minimum atomic E-state index is -4.03. The monoisotopic (exact) mass is 564 g/mol. The molecule has 1 unspecified atom stereocenters. The highest BCUT2D eigenvalue weighted by atomic mass is 32.2. The van der Waals surface area contributed by atoms with Crippen LogP contribution in [0.1, 0.15) is 30.5 Å². The lowest BCUT2D eigenvalue weighted by Crippen LogP contribution is -2.25. The second-order valence-electron chi connectivity index (χ2n) is 10.0. The number of sulfone groups is 1. The number of benzene rings is 2. The van der Waals surface area contributed by atoms with E-state index in [1.165, 1.54) is 3.97 Å². The molecule has 1 aliphatic heterocycles. The molecule has 1 spiro atoms. The molecule has 0 N–H and O–H groups in total. The molecule has 202 valence electrons. The normalized spacial score (nSPS) is 19.7. The zero-order chi connectivity index (χ0) is 27.3. The molecule has 4 aromatic rings. The minimum absolute atomic E-state index is 0.0616. The summed E-state index contributed by atoms with van der Waals surface area (Å²) in [6.07, 6.45) is 7.02. The van der Waals surface area contributed by atoms with Gasteiger partial charge in [0, 0.05) is 36.3 Å². The maximum atomic E-state index is 14.1. The van der Waals surface area contributed by atoms with Crippen LogP contribution in [0.15, 0.2) is 94.9 Å². The van der Waals surface area contributed by atoms with E-state index in [2.05, 4.69) is 11.1 Å². The fourth-order valence-corrected chi connectivity index (χ4v) is 7.63. The van der Waals surface area contributed by atoms with Crippen LogP contribution in [0, 0.1) is 5.92 Å². The minimum Gasteiger partial charge on any atom is -0.348 e. The van der Waals surface area contributed by atoms with Gasteiger partial charge in [-0.1, -0.05) is 36.4 Å². The van der Waals surface area contributed by atoms with Gasteiger partial charge in [-0.2, -0.15) is 0 Å². The largest absolute Gasteiger partial charge is 0.348 e. The predicted molar refractivity (Wildman–Crippen MR) is 147 cm³/mol. The zero-order valence-electron chi connectivity index (χ0n) is 21.4. The van der Waals surface area contributed by atoms with E-state index >= 15 is 0 Å². The highest BCUT2D eigenvalue weighted by Gasteiger charge is 2.43. The van der Waals surface area contributed by atoms with Crippen molar-refractivity contribution in [1.82, 2.24) is 8.96 Å². The van der Waals surface area contributed by atoms with Gasteiger partial charge in [0.25, 0.3) is 10.0 Å². The van der Waals surface area contributed by atoms with Gasteiger partial charge in [-0.15, -0.1) is 0 Å². The van der Waals surface area contributed by atoms with Crippen molar-refractivity contribution in [1.29, 1.82) is 0 Å². The number of ether oxygens (including phenoxy) is 2. The number of allylic oxidation sites excluding steroid dienone is 1. The van der Waals surface area contributed by atoms with E-state index in [1.807, 2.05) is 12.1 Å². The van der Waals surface area contributed by atoms with Gasteiger partial charge >= 0.3 is 0 Å². The lowest BCUT2D eigenvalue weighted by molar-refractivity contribution is -0.151. The Bertz CT molecular complexity index is 1770. The molecule has 1 aliphatic carbocycles. The highest BCUT2D eigenvalue weighted by molar-refractivity contribution is 7.90. The van der Waals surface area contributed by atoms with Crippen LogP contribution in [-0.4, -0.2) is 51.0 Å². The third kappa shape index (κ3) is 4.82. The van der Waals surface area contributed by atoms with Crippen LogP contribution >= 0.6 is 0 Å². The lowest BCUT2D eigenvalue weighted by atomic mass is 9.96. The molecule has 10 heteroatoms. The first-order chi connectivity index (χ1) is 18.7. The van der Waals surface area contributed by atoms with E-state index in [0.29, 0.717) is 47.5 Å². The number of fused-ring (bicyclic) bond motifs is 1. The van der Waals surface area contributed by atoms with Gasteiger partial charge in [0.2, 0.25) is 0 Å². The molecule has 1 atom stereocenters. The second-order valence-corrected chi connectivity index (χ2v) is 13.8. The van der Waals surface area contributed by atoms with Crippen molar-refractivity contribution in [2.24, 2.45) is 5.92 Å². The van der Waals surface area contributed by atoms with Crippen molar-refractivity contribution in [2.45, 2.75) is 34.8 Å². The summed E-state index contributed by atoms with van der Waals surface area (Å²) in [5.41, 5.74) is 2.14. The quantitative estimate of drug-likeness (QED) is 0.336. The number of aromatic nitrogens is 2. The Kier molecular flexibility index (Phi) is 6.46. The Morgan fingerprint density at radius 2 is 1.67 bits per heavy atom. The van der Waals surface area contributed by atoms with E-state index in [-0.39, 0.29) is 15.7 Å². The topological polar surface area (TPSA) is 105 Å². The van der Waals surface area contributed by atoms with E-state index < -0.39 is 25.6 Å². The van der Waals surface area contributed by atoms with Crippen LogP contribution in [-0.2, 0) is 29.3 Å². The molecule has 0 bridgehead atoms. The van der Waals surface area contributed by atoms with Crippen LogP contribution in [0.4, 0.5) is 0 Å². The molecule has 2 aliphatic rings. The molecule has 1 saturated heterocycles. The third-order valence-electron chi connectivity index (χ3n) is 7.36. The first-order valence-electron chi connectivity index (χ1n) is 12.7. The third-order valence-corrected chi connectivity index (χ3v) is 10.2. The van der Waals surface area contributed by atoms with Crippen LogP contribution in [0.5, 0.6) is 0 Å². The van der Waals surface area contributed by atoms with Crippen molar-refractivity contribution >= 4 is 36.5 Å². The molecule has 2 fully saturated rings. The van der Waals surface area contributed by atoms with Gasteiger partial charge in [-0.05, 0) is 60.4 Å². The summed E-state index contributed by atoms with van der Waals surface area (Å²) in [5.74, 6) is -0.539. The van der Waals surface area contributed by atoms with Crippen molar-refractivity contribution in [3.63, 3.8) is 0 Å². The number of hydrogen-bond donors (Lipinski definition) is 0. The summed E-state index contributed by atoms with van der Waals surface area (Å²) < 4.78 is 65.6. The van der Waals surface area contributed by atoms with Gasteiger partial charge in [0.05, 0.1) is 28.7 Å². The summed E-state index contributed by atoms with van der Waals surface area (Å²) in [6, 6.07) is 20.2. The van der Waals surface area contributed by atoms with Gasteiger partial charge < -0.3 is 9.47 Å². The van der Waals surface area contributed by atoms with Gasteiger partial charge in [-0.3, -0.25) is 0 Å². The first-order valence-corrected chi connectivity index (χ1v) is 16.1. The van der Waals surface area contributed by atoms with Crippen LogP contribution in [0.2, 0.25) is 0 Å². The molecule has 1 saturated carbocycles. The van der Waals surface area contributed by atoms with Gasteiger partial charge in [-0.25, -0.2) is 25.8 Å². The van der Waals surface area contributed by atoms with Crippen molar-refractivity contribution < 1.29 is 26.3 Å². The predicted octanol–water partition coefficient (Wildman–Crippen LogP) is 4.65. The fourth-order valence-electron chi connectivity index (χ4n) is 5.50. The van der Waals surface area contributed by atoms with E-state index in [4.69, 9.17) is 9.47 Å². The van der Waals surface area contributed by atoms with Gasteiger partial charge in [0.15, 0.2) is 21.3 Å². The number of hydrogen-bond acceptors (Lipinski definition) is 7. The number of pyridine rings is 1. The van der Waals surface area contributed by atoms with E-state index in [1.54, 1.807) is 66.9 Å². The number of rotatable bonds is 6. The van der Waals surface area contributed by atoms with E-state index in [0.717, 1.165) is 19.1 Å². The molecule has 2 aromatic carbocycles. The smallest absolute Gasteiger partial charge is 0.269 e. The Morgan fingerprint density at radius 3 is 2.36 bits per heavy atom. The Balaban J connectivity index is 1.56. The fraction of sp³-hybridized carbons (Fsp3) is 0.276. The Hall–Kier alpha value is -3.31. The molecule has 8 nitrogen and oxygen atoms in total. The summed E-state index contributed by atoms with van der Waals surface area (Å²) in [4.78, 5) is 4.78. The van der Waals surface area contributed by atoms with Crippen molar-refractivity contribution in [3.8, 4) is 0 Å². The Morgan fingerprint density at radius 1 is 0.949 bits per heavy atom. The van der Waals surface area contributed by atoms with Gasteiger partial charge in [0.1, 0.15) is 0 Å². The molecular weight excluding hydrogens is 536 g/mol. The molecule has 0 amide bonds. The summed E-state index contributed by atoms with van der Waals surface area (Å²) >= 11 is 0. The maximum Gasteiger partial charge on any atom is 0.269 e. The maximum absolute atomic E-state index is 14.1. The average Bonchev–Trinajstić information content (AvgIpc) is 3.66. The molecule has 2 aromatic heterocycles. The van der Waals surface area contributed by atoms with E-state index in [9.17, 15) is 16.8 Å². The zero-order valence-corrected chi connectivity index (χ0v) is 23.0. The summed E-state index contributed by atoms with van der Waals surface area (Å²) in [7, 11) is -7.42. The number of nitrogens with zero attached hydrogens (tertiary/aromatic N) is 2. The molecule has 0 radical (unpaired) electrons. The standard InChI is InChI=1S/C29H28N2O6S2/c1-38(32,33)24-11-9-22(10-12-24)26(18-21-13-14-29(20-21)36-16-17-37-29)27-19-23-6-5-15-30-28(23)31(27)39(34,35)25-7-3-2-4-8-25/h2-12,15,18-19,21H,13-14,16-17,20H2,1H3/b26-18-. The van der Waals surface area contributed by atoms with Crippen LogP contribution in [0.3, 0.4) is 0 Å². The lowest BCUT2D eigenvalue weighted by Gasteiger charge is -2.21. The molecule has 39 heavy (non-hydrogen) atoms. The van der Waals surface area contributed by atoms with Crippen molar-refractivity contribution in [3.05, 3.63) is 96.3 Å². The molecular formula is C29H28N2O6S2. The average molecular weight is 565 g/mol. The van der Waals surface area contributed by atoms with Crippen molar-refractivity contribution in [2.75, 3.05) is 19.5 Å².